The maximum Gasteiger partial charge on any atom is 0.405 e. The van der Waals surface area contributed by atoms with Gasteiger partial charge in [-0.25, -0.2) is 5.01 Å². The van der Waals surface area contributed by atoms with Gasteiger partial charge in [0.05, 0.1) is 11.6 Å². The smallest absolute Gasteiger partial charge is 0.288 e. The third-order valence-corrected chi connectivity index (χ3v) is 4.21. The molecule has 4 nitrogen and oxygen atoms in total. The van der Waals surface area contributed by atoms with Gasteiger partial charge in [-0.05, 0) is 50.8 Å². The monoisotopic (exact) mass is 339 g/mol. The summed E-state index contributed by atoms with van der Waals surface area (Å²) in [5.74, 6) is -0.388. The molecule has 0 aromatic heterocycles. The molecule has 1 N–H and O–H groups in total. The Labute approximate surface area is 139 Å². The first-order valence-electron chi connectivity index (χ1n) is 7.78. The van der Waals surface area contributed by atoms with Gasteiger partial charge >= 0.3 is 6.18 Å². The van der Waals surface area contributed by atoms with Crippen LogP contribution < -0.4 is 5.43 Å². The topological polar surface area (TPSA) is 56.1 Å². The number of nitrogens with zero attached hydrogens (tertiary/aromatic N) is 2. The fraction of sp³-hybridized carbons (Fsp3) is 0.529. The molecule has 1 saturated heterocycles. The second kappa shape index (κ2) is 6.81. The number of hydrogen-bond acceptors (Lipinski definition) is 3. The Kier molecular flexibility index (Phi) is 5.19. The summed E-state index contributed by atoms with van der Waals surface area (Å²) in [5.41, 5.74) is 2.89. The molecule has 1 unspecified atom stereocenters. The zero-order valence-corrected chi connectivity index (χ0v) is 13.7. The molecule has 24 heavy (non-hydrogen) atoms. The Hall–Kier alpha value is -2.07. The first-order valence-corrected chi connectivity index (χ1v) is 7.78. The van der Waals surface area contributed by atoms with E-state index in [1.165, 1.54) is 0 Å². The number of amides is 1. The highest BCUT2D eigenvalue weighted by Crippen LogP contribution is 2.35. The van der Waals surface area contributed by atoms with E-state index in [1.54, 1.807) is 38.1 Å². The summed E-state index contributed by atoms with van der Waals surface area (Å²) in [7, 11) is 0. The molecule has 1 atom stereocenters. The number of carbonyl (C=O) groups excluding carboxylic acids is 1. The van der Waals surface area contributed by atoms with E-state index in [2.05, 4.69) is 5.43 Å². The van der Waals surface area contributed by atoms with Gasteiger partial charge in [0.15, 0.2) is 0 Å². The van der Waals surface area contributed by atoms with Crippen molar-refractivity contribution < 1.29 is 18.0 Å². The summed E-state index contributed by atoms with van der Waals surface area (Å²) in [4.78, 5) is 11.5. The van der Waals surface area contributed by atoms with Crippen LogP contribution in [0.2, 0.25) is 0 Å². The third-order valence-electron chi connectivity index (χ3n) is 4.21. The lowest BCUT2D eigenvalue weighted by Crippen LogP contribution is -2.56. The van der Waals surface area contributed by atoms with Crippen molar-refractivity contribution in [2.75, 3.05) is 0 Å². The standard InChI is InChI=1S/C17H20F3N3O/c1-16(2)10-15(24)22-23(16)14(17(18,19)20)5-3-4-12-6-8-13(11-21)9-7-12/h6-9,14H,3-5,10H2,1-2H3,(H,22,24). The van der Waals surface area contributed by atoms with E-state index in [9.17, 15) is 18.0 Å². The number of nitriles is 1. The maximum absolute atomic E-state index is 13.4. The second-order valence-electron chi connectivity index (χ2n) is 6.65. The van der Waals surface area contributed by atoms with Crippen molar-refractivity contribution in [2.24, 2.45) is 0 Å². The van der Waals surface area contributed by atoms with E-state index in [0.29, 0.717) is 18.4 Å². The number of nitrogens with one attached hydrogen (secondary N) is 1. The average Bonchev–Trinajstić information content (AvgIpc) is 2.75. The quantitative estimate of drug-likeness (QED) is 0.895. The minimum Gasteiger partial charge on any atom is -0.288 e. The molecule has 1 aliphatic heterocycles. The van der Waals surface area contributed by atoms with Gasteiger partial charge in [0.2, 0.25) is 5.91 Å². The summed E-state index contributed by atoms with van der Waals surface area (Å²) in [5, 5.41) is 9.79. The fourth-order valence-electron chi connectivity index (χ4n) is 2.99. The van der Waals surface area contributed by atoms with Crippen molar-refractivity contribution in [2.45, 2.75) is 57.3 Å². The Balaban J connectivity index is 2.02. The average molecular weight is 339 g/mol. The van der Waals surface area contributed by atoms with Gasteiger partial charge in [0, 0.05) is 12.0 Å². The lowest BCUT2D eigenvalue weighted by Gasteiger charge is -2.37. The van der Waals surface area contributed by atoms with Crippen LogP contribution in [0, 0.1) is 11.3 Å². The molecule has 1 heterocycles. The number of carbonyl (C=O) groups is 1. The SMILES string of the molecule is CC1(C)CC(=O)NN1C(CCCc1ccc(C#N)cc1)C(F)(F)F. The summed E-state index contributed by atoms with van der Waals surface area (Å²) in [6.45, 7) is 3.26. The first-order chi connectivity index (χ1) is 11.1. The number of alkyl halides is 3. The van der Waals surface area contributed by atoms with Crippen LogP contribution in [0.15, 0.2) is 24.3 Å². The number of benzene rings is 1. The summed E-state index contributed by atoms with van der Waals surface area (Å²) in [6.07, 6.45) is -3.65. The highest BCUT2D eigenvalue weighted by atomic mass is 19.4. The normalized spacial score (nSPS) is 18.9. The Morgan fingerprint density at radius 1 is 1.33 bits per heavy atom. The lowest BCUT2D eigenvalue weighted by atomic mass is 9.97. The molecule has 1 fully saturated rings. The van der Waals surface area contributed by atoms with Gasteiger partial charge in [0.25, 0.3) is 0 Å². The number of aryl methyl sites for hydroxylation is 1. The highest BCUT2D eigenvalue weighted by molar-refractivity contribution is 5.78. The van der Waals surface area contributed by atoms with Crippen LogP contribution in [0.5, 0.6) is 0 Å². The molecule has 1 aromatic rings. The minimum absolute atomic E-state index is 0.0508. The second-order valence-corrected chi connectivity index (χ2v) is 6.65. The molecule has 0 saturated carbocycles. The van der Waals surface area contributed by atoms with Crippen LogP contribution in [0.4, 0.5) is 13.2 Å². The van der Waals surface area contributed by atoms with Crippen molar-refractivity contribution in [3.8, 4) is 6.07 Å². The molecular formula is C17H20F3N3O. The van der Waals surface area contributed by atoms with Gasteiger partial charge in [-0.15, -0.1) is 0 Å². The van der Waals surface area contributed by atoms with Gasteiger partial charge in [-0.2, -0.15) is 18.4 Å². The van der Waals surface area contributed by atoms with Crippen LogP contribution in [0.25, 0.3) is 0 Å². The predicted octanol–water partition coefficient (Wildman–Crippen LogP) is 3.33. The molecule has 0 spiro atoms. The van der Waals surface area contributed by atoms with Gasteiger partial charge < -0.3 is 0 Å². The number of halogens is 3. The Morgan fingerprint density at radius 3 is 2.42 bits per heavy atom. The fourth-order valence-corrected chi connectivity index (χ4v) is 2.99. The lowest BCUT2D eigenvalue weighted by molar-refractivity contribution is -0.202. The van der Waals surface area contributed by atoms with Crippen molar-refractivity contribution in [1.29, 1.82) is 5.26 Å². The molecule has 2 rings (SSSR count). The molecule has 1 amide bonds. The molecular weight excluding hydrogens is 319 g/mol. The number of hydrazine groups is 1. The molecule has 0 radical (unpaired) electrons. The zero-order chi connectivity index (χ0) is 18.0. The van der Waals surface area contributed by atoms with E-state index < -0.39 is 17.8 Å². The Bertz CT molecular complexity index is 632. The van der Waals surface area contributed by atoms with Crippen molar-refractivity contribution in [3.63, 3.8) is 0 Å². The van der Waals surface area contributed by atoms with Crippen LogP contribution in [0.1, 0.15) is 44.2 Å². The molecule has 0 aliphatic carbocycles. The zero-order valence-electron chi connectivity index (χ0n) is 13.7. The molecule has 0 bridgehead atoms. The number of hydrogen-bond donors (Lipinski definition) is 1. The van der Waals surface area contributed by atoms with E-state index >= 15 is 0 Å². The molecule has 7 heteroatoms. The van der Waals surface area contributed by atoms with E-state index in [4.69, 9.17) is 5.26 Å². The predicted molar refractivity (Wildman–Crippen MR) is 82.6 cm³/mol. The minimum atomic E-state index is -4.42. The largest absolute Gasteiger partial charge is 0.405 e. The van der Waals surface area contributed by atoms with E-state index in [-0.39, 0.29) is 18.7 Å². The number of rotatable bonds is 5. The van der Waals surface area contributed by atoms with Crippen LogP contribution >= 0.6 is 0 Å². The molecule has 1 aliphatic rings. The summed E-state index contributed by atoms with van der Waals surface area (Å²) >= 11 is 0. The van der Waals surface area contributed by atoms with Gasteiger partial charge in [-0.3, -0.25) is 10.2 Å². The molecule has 1 aromatic carbocycles. The maximum atomic E-state index is 13.4. The van der Waals surface area contributed by atoms with Crippen LogP contribution in [-0.2, 0) is 11.2 Å². The summed E-state index contributed by atoms with van der Waals surface area (Å²) < 4.78 is 40.3. The van der Waals surface area contributed by atoms with Gasteiger partial charge in [0.1, 0.15) is 6.04 Å². The van der Waals surface area contributed by atoms with Crippen LogP contribution in [-0.4, -0.2) is 28.7 Å². The molecule has 130 valence electrons. The Morgan fingerprint density at radius 2 is 1.96 bits per heavy atom. The van der Waals surface area contributed by atoms with Crippen molar-refractivity contribution in [3.05, 3.63) is 35.4 Å². The third kappa shape index (κ3) is 4.26. The highest BCUT2D eigenvalue weighted by Gasteiger charge is 2.51. The van der Waals surface area contributed by atoms with Crippen molar-refractivity contribution >= 4 is 5.91 Å². The summed E-state index contributed by atoms with van der Waals surface area (Å²) in [6, 6.07) is 7.10. The first kappa shape index (κ1) is 18.3. The van der Waals surface area contributed by atoms with Crippen molar-refractivity contribution in [1.82, 2.24) is 10.4 Å². The van der Waals surface area contributed by atoms with Gasteiger partial charge in [-0.1, -0.05) is 12.1 Å². The van der Waals surface area contributed by atoms with Crippen LogP contribution in [0.3, 0.4) is 0 Å². The van der Waals surface area contributed by atoms with E-state index in [0.717, 1.165) is 10.6 Å². The van der Waals surface area contributed by atoms with E-state index in [1.807, 2.05) is 6.07 Å².